The van der Waals surface area contributed by atoms with Gasteiger partial charge in [0.1, 0.15) is 0 Å². The van der Waals surface area contributed by atoms with Gasteiger partial charge in [-0.2, -0.15) is 0 Å². The van der Waals surface area contributed by atoms with Gasteiger partial charge >= 0.3 is 0 Å². The molecular weight excluding hydrogens is 422 g/mol. The lowest BCUT2D eigenvalue weighted by Crippen LogP contribution is -2.41. The summed E-state index contributed by atoms with van der Waals surface area (Å²) in [5, 5.41) is 12.0. The average Bonchev–Trinajstić information content (AvgIpc) is 2.93. The van der Waals surface area contributed by atoms with E-state index in [1.807, 2.05) is 64.1 Å². The van der Waals surface area contributed by atoms with Crippen molar-refractivity contribution in [1.82, 2.24) is 0 Å². The zero-order valence-corrected chi connectivity index (χ0v) is 19.5. The fourth-order valence-corrected chi connectivity index (χ4v) is 4.57. The van der Waals surface area contributed by atoms with Gasteiger partial charge in [0.2, 0.25) is 0 Å². The molecule has 32 heavy (non-hydrogen) atoms. The lowest BCUT2D eigenvalue weighted by Gasteiger charge is -2.24. The van der Waals surface area contributed by atoms with Gasteiger partial charge < -0.3 is 10.0 Å². The minimum absolute atomic E-state index is 0.273. The quantitative estimate of drug-likeness (QED) is 0.519. The fraction of sp³-hybridized carbons (Fsp3) is 0.259. The molecule has 1 N–H and O–H groups in total. The smallest absolute Gasteiger partial charge is 0.264 e. The Bertz CT molecular complexity index is 1250. The molecule has 0 saturated carbocycles. The van der Waals surface area contributed by atoms with Gasteiger partial charge in [0, 0.05) is 16.1 Å². The van der Waals surface area contributed by atoms with Crippen LogP contribution in [0.2, 0.25) is 5.02 Å². The lowest BCUT2D eigenvalue weighted by molar-refractivity contribution is -0.136. The maximum absolute atomic E-state index is 13.6. The first-order valence-electron chi connectivity index (χ1n) is 10.6. The van der Waals surface area contributed by atoms with Crippen molar-refractivity contribution in [3.63, 3.8) is 0 Å². The molecule has 0 radical (unpaired) electrons. The van der Waals surface area contributed by atoms with Crippen molar-refractivity contribution in [2.45, 2.75) is 46.3 Å². The molecule has 1 heterocycles. The van der Waals surface area contributed by atoms with E-state index in [0.29, 0.717) is 28.4 Å². The lowest BCUT2D eigenvalue weighted by atomic mass is 9.86. The van der Waals surface area contributed by atoms with Crippen LogP contribution in [0.5, 0.6) is 0 Å². The van der Waals surface area contributed by atoms with E-state index in [1.54, 1.807) is 23.1 Å². The molecule has 1 aliphatic heterocycles. The van der Waals surface area contributed by atoms with Crippen LogP contribution in [0.15, 0.2) is 54.6 Å². The molecule has 0 spiro atoms. The van der Waals surface area contributed by atoms with E-state index >= 15 is 0 Å². The van der Waals surface area contributed by atoms with Gasteiger partial charge in [-0.15, -0.1) is 0 Å². The molecule has 3 aromatic carbocycles. The van der Waals surface area contributed by atoms with Crippen LogP contribution in [0.1, 0.15) is 50.2 Å². The molecule has 1 unspecified atom stereocenters. The number of carbonyl (C=O) groups excluding carboxylic acids is 2. The predicted molar refractivity (Wildman–Crippen MR) is 127 cm³/mol. The number of carbonyl (C=O) groups is 2. The summed E-state index contributed by atoms with van der Waals surface area (Å²) in [5.74, 6) is -0.780. The molecule has 1 atom stereocenters. The Morgan fingerprint density at radius 1 is 0.938 bits per heavy atom. The molecule has 0 aliphatic carbocycles. The number of aliphatic hydroxyl groups is 1. The van der Waals surface area contributed by atoms with Crippen LogP contribution in [0.25, 0.3) is 0 Å². The Hall–Kier alpha value is -2.95. The second kappa shape index (κ2) is 8.19. The molecule has 5 heteroatoms. The monoisotopic (exact) mass is 447 g/mol. The van der Waals surface area contributed by atoms with Crippen molar-refractivity contribution in [1.29, 1.82) is 0 Å². The topological polar surface area (TPSA) is 57.6 Å². The van der Waals surface area contributed by atoms with Crippen LogP contribution in [-0.4, -0.2) is 16.8 Å². The first-order valence-corrected chi connectivity index (χ1v) is 11.0. The summed E-state index contributed by atoms with van der Waals surface area (Å²) in [6, 6.07) is 16.6. The number of hydrogen-bond donors (Lipinski definition) is 1. The number of anilines is 1. The number of benzene rings is 3. The van der Waals surface area contributed by atoms with Crippen LogP contribution < -0.4 is 4.90 Å². The van der Waals surface area contributed by atoms with E-state index < -0.39 is 11.5 Å². The van der Waals surface area contributed by atoms with Crippen LogP contribution >= 0.6 is 11.6 Å². The Morgan fingerprint density at radius 2 is 1.62 bits per heavy atom. The number of hydrogen-bond acceptors (Lipinski definition) is 3. The fourth-order valence-electron chi connectivity index (χ4n) is 4.40. The number of rotatable bonds is 5. The third kappa shape index (κ3) is 3.74. The van der Waals surface area contributed by atoms with E-state index in [2.05, 4.69) is 0 Å². The molecule has 0 saturated heterocycles. The van der Waals surface area contributed by atoms with Crippen molar-refractivity contribution < 1.29 is 14.7 Å². The summed E-state index contributed by atoms with van der Waals surface area (Å²) in [7, 11) is 0. The molecule has 0 aromatic heterocycles. The summed E-state index contributed by atoms with van der Waals surface area (Å²) in [6.45, 7) is 8.10. The number of amides is 1. The third-order valence-electron chi connectivity index (χ3n) is 6.44. The molecule has 3 aromatic rings. The number of Topliss-reactive ketones (excluding diaryl/α,β-unsaturated/α-hetero) is 1. The van der Waals surface area contributed by atoms with E-state index in [9.17, 15) is 14.7 Å². The second-order valence-electron chi connectivity index (χ2n) is 8.69. The van der Waals surface area contributed by atoms with Crippen molar-refractivity contribution >= 4 is 29.0 Å². The van der Waals surface area contributed by atoms with Crippen molar-refractivity contribution in [3.05, 3.63) is 98.6 Å². The SMILES string of the molecule is Cc1cc(C)c(C(=O)CC2(O)C(=O)N(Cc3ccccc3C)c3ccc(Cl)cc32)cc1C. The Kier molecular flexibility index (Phi) is 5.70. The van der Waals surface area contributed by atoms with Gasteiger partial charge in [0.05, 0.1) is 18.7 Å². The summed E-state index contributed by atoms with van der Waals surface area (Å²) in [5.41, 5.74) is 4.45. The van der Waals surface area contributed by atoms with Gasteiger partial charge in [-0.05, 0) is 79.8 Å². The van der Waals surface area contributed by atoms with Gasteiger partial charge in [-0.3, -0.25) is 9.59 Å². The van der Waals surface area contributed by atoms with Crippen molar-refractivity contribution in [2.24, 2.45) is 0 Å². The third-order valence-corrected chi connectivity index (χ3v) is 6.68. The van der Waals surface area contributed by atoms with E-state index in [1.165, 1.54) is 0 Å². The van der Waals surface area contributed by atoms with Gasteiger partial charge in [-0.1, -0.05) is 41.9 Å². The summed E-state index contributed by atoms with van der Waals surface area (Å²) < 4.78 is 0. The average molecular weight is 448 g/mol. The van der Waals surface area contributed by atoms with Crippen LogP contribution in [-0.2, 0) is 16.9 Å². The highest BCUT2D eigenvalue weighted by molar-refractivity contribution is 6.31. The standard InChI is InChI=1S/C27H26ClNO3/c1-16-7-5-6-8-20(16)15-29-24-10-9-21(28)13-23(24)27(32,26(29)31)14-25(30)22-12-18(3)17(2)11-19(22)4/h5-13,32H,14-15H2,1-4H3. The molecule has 1 aliphatic rings. The summed E-state index contributed by atoms with van der Waals surface area (Å²) in [4.78, 5) is 28.4. The maximum Gasteiger partial charge on any atom is 0.264 e. The molecule has 0 fully saturated rings. The van der Waals surface area contributed by atoms with Crippen LogP contribution in [0.4, 0.5) is 5.69 Å². The Balaban J connectivity index is 1.74. The zero-order chi connectivity index (χ0) is 23.2. The Morgan fingerprint density at radius 3 is 2.34 bits per heavy atom. The zero-order valence-electron chi connectivity index (χ0n) is 18.7. The second-order valence-corrected chi connectivity index (χ2v) is 9.13. The summed E-state index contributed by atoms with van der Waals surface area (Å²) in [6.07, 6.45) is -0.340. The normalized spacial score (nSPS) is 17.6. The molecule has 4 nitrogen and oxygen atoms in total. The highest BCUT2D eigenvalue weighted by atomic mass is 35.5. The Labute approximate surface area is 193 Å². The minimum atomic E-state index is -1.97. The molecule has 164 valence electrons. The molecular formula is C27H26ClNO3. The first kappa shape index (κ1) is 22.3. The van der Waals surface area contributed by atoms with E-state index in [-0.39, 0.29) is 12.2 Å². The first-order chi connectivity index (χ1) is 15.1. The van der Waals surface area contributed by atoms with Gasteiger partial charge in [0.25, 0.3) is 5.91 Å². The predicted octanol–water partition coefficient (Wildman–Crippen LogP) is 5.58. The van der Waals surface area contributed by atoms with E-state index in [4.69, 9.17) is 11.6 Å². The van der Waals surface area contributed by atoms with E-state index in [0.717, 1.165) is 27.8 Å². The number of fused-ring (bicyclic) bond motifs is 1. The molecule has 1 amide bonds. The number of aryl methyl sites for hydroxylation is 4. The number of halogens is 1. The largest absolute Gasteiger partial charge is 0.375 e. The summed E-state index contributed by atoms with van der Waals surface area (Å²) >= 11 is 6.22. The van der Waals surface area contributed by atoms with Crippen molar-refractivity contribution in [3.8, 4) is 0 Å². The van der Waals surface area contributed by atoms with Crippen molar-refractivity contribution in [2.75, 3.05) is 4.90 Å². The van der Waals surface area contributed by atoms with Gasteiger partial charge in [0.15, 0.2) is 11.4 Å². The van der Waals surface area contributed by atoms with Gasteiger partial charge in [-0.25, -0.2) is 0 Å². The van der Waals surface area contributed by atoms with Crippen LogP contribution in [0.3, 0.4) is 0 Å². The molecule has 0 bridgehead atoms. The highest BCUT2D eigenvalue weighted by Gasteiger charge is 2.51. The number of nitrogens with zero attached hydrogens (tertiary/aromatic N) is 1. The number of ketones is 1. The van der Waals surface area contributed by atoms with Crippen LogP contribution in [0, 0.1) is 27.7 Å². The highest BCUT2D eigenvalue weighted by Crippen LogP contribution is 2.45. The molecule has 4 rings (SSSR count). The maximum atomic E-state index is 13.6. The minimum Gasteiger partial charge on any atom is -0.375 e.